The molecule has 25 heavy (non-hydrogen) atoms. The number of nitrogens with zero attached hydrogens (tertiary/aromatic N) is 1. The third-order valence-corrected chi connectivity index (χ3v) is 4.10. The van der Waals surface area contributed by atoms with E-state index in [2.05, 4.69) is 11.2 Å². The Labute approximate surface area is 145 Å². The van der Waals surface area contributed by atoms with Crippen molar-refractivity contribution in [2.75, 3.05) is 0 Å². The molecule has 0 spiro atoms. The monoisotopic (exact) mass is 335 g/mol. The average molecular weight is 335 g/mol. The van der Waals surface area contributed by atoms with Crippen molar-refractivity contribution in [3.8, 4) is 17.1 Å². The number of esters is 1. The third-order valence-electron chi connectivity index (χ3n) is 4.10. The molecule has 1 unspecified atom stereocenters. The molecule has 1 atom stereocenters. The number of hydrogen-bond donors (Lipinski definition) is 0. The average Bonchev–Trinajstić information content (AvgIpc) is 3.25. The number of carbonyl (C=O) groups excluding carboxylic acids is 1. The maximum atomic E-state index is 12.0. The number of aromatic nitrogens is 1. The maximum absolute atomic E-state index is 12.0. The number of carbonyl (C=O) groups is 1. The van der Waals surface area contributed by atoms with Crippen molar-refractivity contribution in [3.05, 3.63) is 71.4 Å². The summed E-state index contributed by atoms with van der Waals surface area (Å²) in [5, 5.41) is 3.98. The van der Waals surface area contributed by atoms with Gasteiger partial charge in [-0.1, -0.05) is 23.4 Å². The van der Waals surface area contributed by atoms with Crippen molar-refractivity contribution in [3.63, 3.8) is 0 Å². The van der Waals surface area contributed by atoms with Crippen LogP contribution >= 0.6 is 0 Å². The quantitative estimate of drug-likeness (QED) is 0.674. The van der Waals surface area contributed by atoms with E-state index in [4.69, 9.17) is 14.0 Å². The van der Waals surface area contributed by atoms with Crippen molar-refractivity contribution in [1.29, 1.82) is 0 Å². The summed E-state index contributed by atoms with van der Waals surface area (Å²) in [6.07, 6.45) is 1.09. The molecule has 1 aromatic heterocycles. The van der Waals surface area contributed by atoms with E-state index in [1.807, 2.05) is 25.1 Å². The Morgan fingerprint density at radius 1 is 1.20 bits per heavy atom. The Morgan fingerprint density at radius 2 is 2.04 bits per heavy atom. The van der Waals surface area contributed by atoms with Crippen LogP contribution in [0, 0.1) is 0 Å². The summed E-state index contributed by atoms with van der Waals surface area (Å²) < 4.78 is 16.4. The van der Waals surface area contributed by atoms with E-state index < -0.39 is 0 Å². The first-order chi connectivity index (χ1) is 12.2. The van der Waals surface area contributed by atoms with E-state index in [0.29, 0.717) is 17.0 Å². The number of ether oxygens (including phenoxy) is 2. The first-order valence-corrected chi connectivity index (χ1v) is 8.17. The Morgan fingerprint density at radius 3 is 2.88 bits per heavy atom. The largest absolute Gasteiger partial charge is 0.490 e. The molecule has 4 rings (SSSR count). The van der Waals surface area contributed by atoms with E-state index in [0.717, 1.165) is 17.7 Å². The summed E-state index contributed by atoms with van der Waals surface area (Å²) in [7, 11) is 0. The van der Waals surface area contributed by atoms with Gasteiger partial charge in [-0.25, -0.2) is 4.79 Å². The van der Waals surface area contributed by atoms with Crippen molar-refractivity contribution < 1.29 is 18.8 Å². The van der Waals surface area contributed by atoms with E-state index in [1.165, 1.54) is 5.56 Å². The molecule has 5 nitrogen and oxygen atoms in total. The van der Waals surface area contributed by atoms with Gasteiger partial charge in [0, 0.05) is 18.1 Å². The second-order valence-electron chi connectivity index (χ2n) is 6.08. The van der Waals surface area contributed by atoms with Gasteiger partial charge in [-0.2, -0.15) is 0 Å². The zero-order chi connectivity index (χ0) is 17.2. The van der Waals surface area contributed by atoms with Gasteiger partial charge in [-0.15, -0.1) is 0 Å². The molecular weight excluding hydrogens is 318 g/mol. The highest BCUT2D eigenvalue weighted by atomic mass is 16.5. The third kappa shape index (κ3) is 3.26. The molecule has 3 aromatic rings. The van der Waals surface area contributed by atoms with E-state index in [-0.39, 0.29) is 18.7 Å². The minimum atomic E-state index is -0.381. The van der Waals surface area contributed by atoms with Gasteiger partial charge in [0.15, 0.2) is 5.76 Å². The Kier molecular flexibility index (Phi) is 3.98. The van der Waals surface area contributed by atoms with Crippen LogP contribution in [0.4, 0.5) is 0 Å². The second-order valence-corrected chi connectivity index (χ2v) is 6.08. The first kappa shape index (κ1) is 15.4. The molecule has 0 saturated carbocycles. The minimum Gasteiger partial charge on any atom is -0.490 e. The summed E-state index contributed by atoms with van der Waals surface area (Å²) in [5.41, 5.74) is 3.19. The molecule has 1 aliphatic heterocycles. The Hall–Kier alpha value is -3.08. The summed E-state index contributed by atoms with van der Waals surface area (Å²) in [6.45, 7) is 2.12. The van der Waals surface area contributed by atoms with Crippen molar-refractivity contribution in [1.82, 2.24) is 5.16 Å². The lowest BCUT2D eigenvalue weighted by Crippen LogP contribution is -2.05. The van der Waals surface area contributed by atoms with Gasteiger partial charge in [0.2, 0.25) is 0 Å². The molecule has 2 heterocycles. The normalized spacial score (nSPS) is 15.5. The molecule has 0 radical (unpaired) electrons. The van der Waals surface area contributed by atoms with Crippen molar-refractivity contribution in [2.24, 2.45) is 0 Å². The van der Waals surface area contributed by atoms with Crippen LogP contribution in [0.2, 0.25) is 0 Å². The van der Waals surface area contributed by atoms with Gasteiger partial charge in [0.1, 0.15) is 24.2 Å². The molecule has 0 amide bonds. The standard InChI is InChI=1S/C20H17NO4/c1-13-9-16-10-15(7-8-18(16)24-13)19-11-17(21-25-19)12-23-20(22)14-5-3-2-4-6-14/h2-8,10-11,13H,9,12H2,1H3. The molecule has 0 fully saturated rings. The van der Waals surface area contributed by atoms with Crippen LogP contribution < -0.4 is 4.74 Å². The van der Waals surface area contributed by atoms with E-state index >= 15 is 0 Å². The van der Waals surface area contributed by atoms with Gasteiger partial charge >= 0.3 is 5.97 Å². The number of hydrogen-bond acceptors (Lipinski definition) is 5. The van der Waals surface area contributed by atoms with Gasteiger partial charge < -0.3 is 14.0 Å². The maximum Gasteiger partial charge on any atom is 0.338 e. The van der Waals surface area contributed by atoms with Crippen molar-refractivity contribution in [2.45, 2.75) is 26.1 Å². The Bertz CT molecular complexity index is 901. The van der Waals surface area contributed by atoms with Crippen LogP contribution in [0.15, 0.2) is 59.1 Å². The first-order valence-electron chi connectivity index (χ1n) is 8.17. The molecule has 5 heteroatoms. The van der Waals surface area contributed by atoms with Crippen LogP contribution in [0.25, 0.3) is 11.3 Å². The Balaban J connectivity index is 1.44. The number of fused-ring (bicyclic) bond motifs is 1. The van der Waals surface area contributed by atoms with E-state index in [1.54, 1.807) is 30.3 Å². The summed E-state index contributed by atoms with van der Waals surface area (Å²) in [6, 6.07) is 16.6. The molecule has 0 bridgehead atoms. The highest BCUT2D eigenvalue weighted by Crippen LogP contribution is 2.33. The van der Waals surface area contributed by atoms with Gasteiger partial charge in [0.05, 0.1) is 5.56 Å². The van der Waals surface area contributed by atoms with Crippen LogP contribution in [0.3, 0.4) is 0 Å². The molecule has 0 saturated heterocycles. The highest BCUT2D eigenvalue weighted by molar-refractivity contribution is 5.89. The minimum absolute atomic E-state index is 0.0717. The van der Waals surface area contributed by atoms with Crippen LogP contribution in [-0.4, -0.2) is 17.2 Å². The SMILES string of the molecule is CC1Cc2cc(-c3cc(COC(=O)c4ccccc4)no3)ccc2O1. The summed E-state index contributed by atoms with van der Waals surface area (Å²) in [5.74, 6) is 1.19. The molecule has 126 valence electrons. The fraction of sp³-hybridized carbons (Fsp3) is 0.200. The fourth-order valence-electron chi connectivity index (χ4n) is 2.89. The topological polar surface area (TPSA) is 61.6 Å². The fourth-order valence-corrected chi connectivity index (χ4v) is 2.89. The molecule has 0 N–H and O–H groups in total. The summed E-state index contributed by atoms with van der Waals surface area (Å²) >= 11 is 0. The molecular formula is C20H17NO4. The van der Waals surface area contributed by atoms with Crippen LogP contribution in [0.5, 0.6) is 5.75 Å². The molecule has 1 aliphatic rings. The van der Waals surface area contributed by atoms with Crippen LogP contribution in [0.1, 0.15) is 28.5 Å². The second kappa shape index (κ2) is 6.43. The van der Waals surface area contributed by atoms with Gasteiger partial charge in [-0.3, -0.25) is 0 Å². The van der Waals surface area contributed by atoms with Gasteiger partial charge in [-0.05, 0) is 42.8 Å². The predicted octanol–water partition coefficient (Wildman–Crippen LogP) is 4.02. The predicted molar refractivity (Wildman–Crippen MR) is 91.3 cm³/mol. The zero-order valence-electron chi connectivity index (χ0n) is 13.8. The molecule has 0 aliphatic carbocycles. The van der Waals surface area contributed by atoms with Crippen molar-refractivity contribution >= 4 is 5.97 Å². The lowest BCUT2D eigenvalue weighted by Gasteiger charge is -2.02. The van der Waals surface area contributed by atoms with Crippen LogP contribution in [-0.2, 0) is 17.8 Å². The van der Waals surface area contributed by atoms with E-state index in [9.17, 15) is 4.79 Å². The molecule has 2 aromatic carbocycles. The number of rotatable bonds is 4. The number of benzene rings is 2. The lowest BCUT2D eigenvalue weighted by molar-refractivity contribution is 0.0464. The highest BCUT2D eigenvalue weighted by Gasteiger charge is 2.20. The lowest BCUT2D eigenvalue weighted by atomic mass is 10.1. The summed E-state index contributed by atoms with van der Waals surface area (Å²) in [4.78, 5) is 12.0. The zero-order valence-corrected chi connectivity index (χ0v) is 13.8. The smallest absolute Gasteiger partial charge is 0.338 e. The van der Waals surface area contributed by atoms with Gasteiger partial charge in [0.25, 0.3) is 0 Å².